The van der Waals surface area contributed by atoms with Crippen LogP contribution < -0.4 is 0 Å². The topological polar surface area (TPSA) is 39.2 Å². The maximum Gasteiger partial charge on any atom is 0.384 e. The number of halogens is 1. The molecule has 0 saturated carbocycles. The normalized spacial score (nSPS) is 9.50. The number of nitrogens with zero attached hydrogens (tertiary/aromatic N) is 1. The van der Waals surface area contributed by atoms with Gasteiger partial charge in [0.1, 0.15) is 5.15 Å². The summed E-state index contributed by atoms with van der Waals surface area (Å²) in [5.41, 5.74) is 0.630. The van der Waals surface area contributed by atoms with E-state index in [1.54, 1.807) is 12.1 Å². The fraction of sp³-hybridized carbons (Fsp3) is 0.333. The number of pyridine rings is 1. The van der Waals surface area contributed by atoms with Crippen LogP contribution in [0.5, 0.6) is 0 Å². The van der Waals surface area contributed by atoms with E-state index in [0.717, 1.165) is 0 Å². The molecule has 4 heteroatoms. The Kier molecular flexibility index (Phi) is 4.81. The van der Waals surface area contributed by atoms with Crippen molar-refractivity contribution >= 4 is 17.6 Å². The van der Waals surface area contributed by atoms with Gasteiger partial charge in [-0.15, -0.1) is 0 Å². The second-order valence-corrected chi connectivity index (χ2v) is 4.00. The van der Waals surface area contributed by atoms with Crippen LogP contribution in [0, 0.1) is 17.8 Å². The van der Waals surface area contributed by atoms with Crippen LogP contribution >= 0.6 is 11.6 Å². The summed E-state index contributed by atoms with van der Waals surface area (Å²) < 4.78 is 4.89. The van der Waals surface area contributed by atoms with Gasteiger partial charge in [0.25, 0.3) is 0 Å². The molecule has 84 valence electrons. The zero-order valence-electron chi connectivity index (χ0n) is 9.16. The lowest BCUT2D eigenvalue weighted by Crippen LogP contribution is -2.07. The third-order valence-corrected chi connectivity index (χ3v) is 1.81. The first-order valence-electron chi connectivity index (χ1n) is 4.88. The van der Waals surface area contributed by atoms with Crippen molar-refractivity contribution in [1.29, 1.82) is 0 Å². The molecule has 1 heterocycles. The average molecular weight is 238 g/mol. The SMILES string of the molecule is CC(C)COC(=O)C#Cc1ccc(Cl)nc1. The molecule has 0 atom stereocenters. The molecule has 0 spiro atoms. The van der Waals surface area contributed by atoms with Crippen molar-refractivity contribution in [3.63, 3.8) is 0 Å². The van der Waals surface area contributed by atoms with Crippen molar-refractivity contribution in [2.45, 2.75) is 13.8 Å². The number of ether oxygens (including phenoxy) is 1. The lowest BCUT2D eigenvalue weighted by atomic mass is 10.2. The number of carbonyl (C=O) groups is 1. The highest BCUT2D eigenvalue weighted by Crippen LogP contribution is 2.03. The zero-order valence-corrected chi connectivity index (χ0v) is 9.91. The van der Waals surface area contributed by atoms with Gasteiger partial charge in [-0.05, 0) is 18.1 Å². The molecule has 0 unspecified atom stereocenters. The van der Waals surface area contributed by atoms with E-state index in [1.165, 1.54) is 6.20 Å². The van der Waals surface area contributed by atoms with Crippen LogP contribution in [0.3, 0.4) is 0 Å². The van der Waals surface area contributed by atoms with E-state index < -0.39 is 5.97 Å². The van der Waals surface area contributed by atoms with Crippen molar-refractivity contribution in [3.8, 4) is 11.8 Å². The predicted octanol–water partition coefficient (Wildman–Crippen LogP) is 2.29. The largest absolute Gasteiger partial charge is 0.456 e. The Morgan fingerprint density at radius 2 is 2.31 bits per heavy atom. The van der Waals surface area contributed by atoms with Gasteiger partial charge in [0.05, 0.1) is 6.61 Å². The quantitative estimate of drug-likeness (QED) is 0.450. The van der Waals surface area contributed by atoms with Crippen molar-refractivity contribution < 1.29 is 9.53 Å². The summed E-state index contributed by atoms with van der Waals surface area (Å²) in [6, 6.07) is 3.31. The molecule has 0 N–H and O–H groups in total. The number of hydrogen-bond acceptors (Lipinski definition) is 3. The van der Waals surface area contributed by atoms with E-state index in [2.05, 4.69) is 16.8 Å². The van der Waals surface area contributed by atoms with Gasteiger partial charge in [-0.1, -0.05) is 31.4 Å². The zero-order chi connectivity index (χ0) is 12.0. The number of rotatable bonds is 2. The van der Waals surface area contributed by atoms with Crippen LogP contribution in [-0.4, -0.2) is 17.6 Å². The van der Waals surface area contributed by atoms with Crippen molar-refractivity contribution in [1.82, 2.24) is 4.98 Å². The first kappa shape index (κ1) is 12.5. The maximum atomic E-state index is 11.1. The van der Waals surface area contributed by atoms with Crippen LogP contribution in [0.4, 0.5) is 0 Å². The number of aromatic nitrogens is 1. The standard InChI is InChI=1S/C12H12ClNO2/c1-9(2)8-16-12(15)6-4-10-3-5-11(13)14-7-10/h3,5,7,9H,8H2,1-2H3. The van der Waals surface area contributed by atoms with Gasteiger partial charge in [-0.3, -0.25) is 0 Å². The Labute approximate surface area is 99.8 Å². The average Bonchev–Trinajstić information content (AvgIpc) is 2.25. The highest BCUT2D eigenvalue weighted by atomic mass is 35.5. The minimum Gasteiger partial charge on any atom is -0.456 e. The molecule has 1 aromatic rings. The molecule has 0 bridgehead atoms. The Balaban J connectivity index is 2.53. The van der Waals surface area contributed by atoms with Crippen LogP contribution in [0.2, 0.25) is 5.15 Å². The second kappa shape index (κ2) is 6.14. The second-order valence-electron chi connectivity index (χ2n) is 3.61. The van der Waals surface area contributed by atoms with Crippen molar-refractivity contribution in [3.05, 3.63) is 29.0 Å². The van der Waals surface area contributed by atoms with Crippen LogP contribution in [-0.2, 0) is 9.53 Å². The number of esters is 1. The summed E-state index contributed by atoms with van der Waals surface area (Å²) >= 11 is 5.61. The van der Waals surface area contributed by atoms with Crippen LogP contribution in [0.25, 0.3) is 0 Å². The Morgan fingerprint density at radius 1 is 1.56 bits per heavy atom. The van der Waals surface area contributed by atoms with Gasteiger partial charge in [-0.25, -0.2) is 9.78 Å². The van der Waals surface area contributed by atoms with Crippen LogP contribution in [0.15, 0.2) is 18.3 Å². The summed E-state index contributed by atoms with van der Waals surface area (Å²) in [5, 5.41) is 0.396. The van der Waals surface area contributed by atoms with E-state index in [9.17, 15) is 4.79 Å². The monoisotopic (exact) mass is 237 g/mol. The van der Waals surface area contributed by atoms with Gasteiger partial charge in [0.2, 0.25) is 0 Å². The molecule has 0 saturated heterocycles. The molecule has 3 nitrogen and oxygen atoms in total. The minimum absolute atomic E-state index is 0.308. The molecule has 0 aromatic carbocycles. The first-order chi connectivity index (χ1) is 7.58. The van der Waals surface area contributed by atoms with E-state index in [-0.39, 0.29) is 0 Å². The molecular formula is C12H12ClNO2. The fourth-order valence-corrected chi connectivity index (χ4v) is 0.963. The summed E-state index contributed by atoms with van der Waals surface area (Å²) in [6.45, 7) is 4.31. The third-order valence-electron chi connectivity index (χ3n) is 1.58. The van der Waals surface area contributed by atoms with Gasteiger partial charge in [-0.2, -0.15) is 0 Å². The Hall–Kier alpha value is -1.53. The fourth-order valence-electron chi connectivity index (χ4n) is 0.851. The summed E-state index contributed by atoms with van der Waals surface area (Å²) in [4.78, 5) is 15.0. The van der Waals surface area contributed by atoms with E-state index in [1.807, 2.05) is 13.8 Å². The van der Waals surface area contributed by atoms with Gasteiger partial charge < -0.3 is 4.74 Å². The minimum atomic E-state index is -0.524. The molecule has 0 aliphatic carbocycles. The van der Waals surface area contributed by atoms with E-state index >= 15 is 0 Å². The molecule has 16 heavy (non-hydrogen) atoms. The van der Waals surface area contributed by atoms with Gasteiger partial charge >= 0.3 is 5.97 Å². The van der Waals surface area contributed by atoms with Gasteiger partial charge in [0.15, 0.2) is 0 Å². The molecule has 0 fully saturated rings. The smallest absolute Gasteiger partial charge is 0.384 e. The summed E-state index contributed by atoms with van der Waals surface area (Å²) in [6.07, 6.45) is 1.51. The highest BCUT2D eigenvalue weighted by Gasteiger charge is 1.99. The van der Waals surface area contributed by atoms with E-state index in [0.29, 0.717) is 23.2 Å². The molecular weight excluding hydrogens is 226 g/mol. The molecule has 0 radical (unpaired) electrons. The first-order valence-corrected chi connectivity index (χ1v) is 5.26. The molecule has 1 aromatic heterocycles. The lowest BCUT2D eigenvalue weighted by molar-refractivity contribution is -0.137. The third kappa shape index (κ3) is 4.81. The Bertz CT molecular complexity index is 415. The molecule has 0 aliphatic heterocycles. The maximum absolute atomic E-state index is 11.1. The van der Waals surface area contributed by atoms with E-state index in [4.69, 9.17) is 16.3 Å². The lowest BCUT2D eigenvalue weighted by Gasteiger charge is -2.02. The summed E-state index contributed by atoms with van der Waals surface area (Å²) in [7, 11) is 0. The highest BCUT2D eigenvalue weighted by molar-refractivity contribution is 6.29. The molecule has 0 aliphatic rings. The number of hydrogen-bond donors (Lipinski definition) is 0. The van der Waals surface area contributed by atoms with Crippen LogP contribution in [0.1, 0.15) is 19.4 Å². The molecule has 1 rings (SSSR count). The van der Waals surface area contributed by atoms with Crippen molar-refractivity contribution in [2.24, 2.45) is 5.92 Å². The van der Waals surface area contributed by atoms with Gasteiger partial charge in [0, 0.05) is 17.7 Å². The Morgan fingerprint density at radius 3 is 2.88 bits per heavy atom. The molecule has 0 amide bonds. The predicted molar refractivity (Wildman–Crippen MR) is 61.9 cm³/mol. The van der Waals surface area contributed by atoms with Crippen molar-refractivity contribution in [2.75, 3.05) is 6.61 Å². The number of carbonyl (C=O) groups excluding carboxylic acids is 1. The summed E-state index contributed by atoms with van der Waals surface area (Å²) in [5.74, 6) is 4.81.